The van der Waals surface area contributed by atoms with Crippen molar-refractivity contribution in [2.45, 2.75) is 83.0 Å². The third-order valence-electron chi connectivity index (χ3n) is 7.71. The van der Waals surface area contributed by atoms with Crippen molar-refractivity contribution in [3.63, 3.8) is 0 Å². The van der Waals surface area contributed by atoms with E-state index in [4.69, 9.17) is 35.2 Å². The summed E-state index contributed by atoms with van der Waals surface area (Å²) in [5.41, 5.74) is 12.1. The van der Waals surface area contributed by atoms with E-state index in [1.807, 2.05) is 44.2 Å². The van der Waals surface area contributed by atoms with Crippen molar-refractivity contribution < 1.29 is 33.3 Å². The summed E-state index contributed by atoms with van der Waals surface area (Å²) >= 11 is 0. The van der Waals surface area contributed by atoms with Gasteiger partial charge in [-0.25, -0.2) is 24.5 Å². The molecule has 2 saturated heterocycles. The fraction of sp³-hybridized carbons (Fsp3) is 0.581. The molecule has 4 atom stereocenters. The number of esters is 1. The predicted octanol–water partition coefficient (Wildman–Crippen LogP) is 1.90. The van der Waals surface area contributed by atoms with Gasteiger partial charge in [0.1, 0.15) is 42.3 Å². The third-order valence-corrected chi connectivity index (χ3v) is 7.71. The standard InChI is InChI=1S/C31H44N8O7/c1-29(2,3)45-28(41)37-21(27(40)42-16-20-9-7-6-8-10-20)11-13-38(14-12-32)15-22-24-31(17-43-22,46-30(4,5)44-24)39-19-36-23-25(33)34-18-35-26(23)39/h6-10,18-19,21-22,24H,11-17,32H2,1-5H3,(H,37,41)(H2,33,34,35)/t21-,22+,24+,31+/m0/s1. The van der Waals surface area contributed by atoms with E-state index >= 15 is 0 Å². The van der Waals surface area contributed by atoms with Gasteiger partial charge in [0.2, 0.25) is 5.72 Å². The van der Waals surface area contributed by atoms with Crippen LogP contribution in [-0.2, 0) is 40.8 Å². The van der Waals surface area contributed by atoms with Gasteiger partial charge in [0.15, 0.2) is 17.3 Å². The molecule has 2 aliphatic rings. The summed E-state index contributed by atoms with van der Waals surface area (Å²) in [7, 11) is 0. The summed E-state index contributed by atoms with van der Waals surface area (Å²) < 4.78 is 32.1. The lowest BCUT2D eigenvalue weighted by Gasteiger charge is -2.30. The number of carbonyl (C=O) groups is 2. The molecule has 2 aliphatic heterocycles. The molecule has 15 nitrogen and oxygen atoms in total. The van der Waals surface area contributed by atoms with Crippen LogP contribution in [0.4, 0.5) is 10.6 Å². The Labute approximate surface area is 267 Å². The number of rotatable bonds is 12. The summed E-state index contributed by atoms with van der Waals surface area (Å²) in [6.07, 6.45) is 1.55. The Hall–Kier alpha value is -3.89. The van der Waals surface area contributed by atoms with Gasteiger partial charge >= 0.3 is 12.1 Å². The number of imidazole rings is 1. The molecule has 15 heteroatoms. The van der Waals surface area contributed by atoms with E-state index in [1.54, 1.807) is 31.7 Å². The Kier molecular flexibility index (Phi) is 9.79. The molecule has 0 radical (unpaired) electrons. The van der Waals surface area contributed by atoms with Gasteiger partial charge in [-0.05, 0) is 46.6 Å². The number of hydrogen-bond donors (Lipinski definition) is 3. The first-order valence-corrected chi connectivity index (χ1v) is 15.4. The van der Waals surface area contributed by atoms with Crippen LogP contribution in [0.2, 0.25) is 0 Å². The number of ether oxygens (including phenoxy) is 5. The van der Waals surface area contributed by atoms with E-state index in [-0.39, 0.29) is 25.5 Å². The van der Waals surface area contributed by atoms with Crippen molar-refractivity contribution in [2.75, 3.05) is 38.5 Å². The summed E-state index contributed by atoms with van der Waals surface area (Å²) in [6, 6.07) is 8.37. The molecule has 0 saturated carbocycles. The monoisotopic (exact) mass is 640 g/mol. The van der Waals surface area contributed by atoms with E-state index in [0.717, 1.165) is 5.56 Å². The van der Waals surface area contributed by atoms with E-state index in [2.05, 4.69) is 25.2 Å². The lowest BCUT2D eigenvalue weighted by Crippen LogP contribution is -2.49. The topological polar surface area (TPSA) is 191 Å². The van der Waals surface area contributed by atoms with Crippen molar-refractivity contribution in [1.82, 2.24) is 29.7 Å². The predicted molar refractivity (Wildman–Crippen MR) is 167 cm³/mol. The fourth-order valence-electron chi connectivity index (χ4n) is 5.80. The molecule has 1 amide bonds. The molecule has 0 bridgehead atoms. The first-order chi connectivity index (χ1) is 21.8. The van der Waals surface area contributed by atoms with E-state index < -0.39 is 47.4 Å². The molecule has 0 aliphatic carbocycles. The lowest BCUT2D eigenvalue weighted by molar-refractivity contribution is -0.205. The van der Waals surface area contributed by atoms with Gasteiger partial charge in [-0.1, -0.05) is 30.3 Å². The maximum absolute atomic E-state index is 13.2. The van der Waals surface area contributed by atoms with Crippen LogP contribution in [0.3, 0.4) is 0 Å². The Morgan fingerprint density at radius 3 is 2.65 bits per heavy atom. The molecule has 46 heavy (non-hydrogen) atoms. The number of fused-ring (bicyclic) bond motifs is 2. The van der Waals surface area contributed by atoms with Crippen molar-refractivity contribution in [1.29, 1.82) is 0 Å². The molecule has 2 fully saturated rings. The number of carbonyl (C=O) groups excluding carboxylic acids is 2. The Morgan fingerprint density at radius 1 is 1.17 bits per heavy atom. The van der Waals surface area contributed by atoms with Crippen LogP contribution >= 0.6 is 0 Å². The number of alkyl carbamates (subject to hydrolysis) is 1. The first kappa shape index (κ1) is 33.5. The quantitative estimate of drug-likeness (QED) is 0.244. The number of anilines is 1. The molecule has 3 aromatic rings. The molecular weight excluding hydrogens is 596 g/mol. The summed E-state index contributed by atoms with van der Waals surface area (Å²) in [5.74, 6) is -1.23. The van der Waals surface area contributed by atoms with Crippen LogP contribution in [0.15, 0.2) is 43.0 Å². The number of hydrogen-bond acceptors (Lipinski definition) is 13. The smallest absolute Gasteiger partial charge is 0.408 e. The number of nitrogens with one attached hydrogen (secondary N) is 1. The molecular formula is C31H44N8O7. The number of nitrogens with zero attached hydrogens (tertiary/aromatic N) is 5. The molecule has 4 heterocycles. The SMILES string of the molecule is CC(C)(C)OC(=O)N[C@@H](CCN(CCN)C[C@H]1OC[C@@]2(n3cnc4c(N)ncnc43)OC(C)(C)O[C@H]12)C(=O)OCc1ccccc1. The summed E-state index contributed by atoms with van der Waals surface area (Å²) in [5, 5.41) is 2.69. The van der Waals surface area contributed by atoms with Crippen molar-refractivity contribution >= 4 is 29.0 Å². The highest BCUT2D eigenvalue weighted by atomic mass is 16.8. The maximum Gasteiger partial charge on any atom is 0.408 e. The first-order valence-electron chi connectivity index (χ1n) is 15.4. The van der Waals surface area contributed by atoms with E-state index in [9.17, 15) is 9.59 Å². The van der Waals surface area contributed by atoms with Crippen LogP contribution in [0.25, 0.3) is 11.2 Å². The second kappa shape index (κ2) is 13.5. The van der Waals surface area contributed by atoms with Gasteiger partial charge in [0.25, 0.3) is 0 Å². The minimum absolute atomic E-state index is 0.0744. The fourth-order valence-corrected chi connectivity index (χ4v) is 5.80. The lowest BCUT2D eigenvalue weighted by atomic mass is 10.0. The van der Waals surface area contributed by atoms with Crippen LogP contribution in [-0.4, -0.2) is 98.9 Å². The molecule has 0 unspecified atom stereocenters. The number of nitrogen functional groups attached to an aromatic ring is 1. The van der Waals surface area contributed by atoms with Gasteiger partial charge in [-0.2, -0.15) is 0 Å². The van der Waals surface area contributed by atoms with Gasteiger partial charge in [0.05, 0.1) is 12.9 Å². The molecule has 5 N–H and O–H groups in total. The minimum Gasteiger partial charge on any atom is -0.459 e. The maximum atomic E-state index is 13.2. The van der Waals surface area contributed by atoms with Gasteiger partial charge in [-0.15, -0.1) is 0 Å². The Bertz CT molecular complexity index is 1510. The zero-order valence-electron chi connectivity index (χ0n) is 27.0. The van der Waals surface area contributed by atoms with E-state index in [0.29, 0.717) is 37.3 Å². The second-order valence-electron chi connectivity index (χ2n) is 13.0. The van der Waals surface area contributed by atoms with Gasteiger partial charge < -0.3 is 40.5 Å². The normalized spacial score (nSPS) is 22.9. The zero-order chi connectivity index (χ0) is 33.1. The van der Waals surface area contributed by atoms with Crippen LogP contribution in [0.1, 0.15) is 46.6 Å². The van der Waals surface area contributed by atoms with Gasteiger partial charge in [-0.3, -0.25) is 9.47 Å². The van der Waals surface area contributed by atoms with Gasteiger partial charge in [0, 0.05) is 26.2 Å². The molecule has 2 aromatic heterocycles. The third kappa shape index (κ3) is 7.56. The van der Waals surface area contributed by atoms with E-state index in [1.165, 1.54) is 6.33 Å². The molecule has 250 valence electrons. The number of aromatic nitrogens is 4. The molecule has 5 rings (SSSR count). The number of benzene rings is 1. The van der Waals surface area contributed by atoms with Crippen molar-refractivity contribution in [3.05, 3.63) is 48.5 Å². The highest BCUT2D eigenvalue weighted by molar-refractivity contribution is 5.82. The average Bonchev–Trinajstić information content (AvgIpc) is 3.64. The van der Waals surface area contributed by atoms with Crippen molar-refractivity contribution in [2.24, 2.45) is 5.73 Å². The molecule has 1 aromatic carbocycles. The Morgan fingerprint density at radius 2 is 1.93 bits per heavy atom. The van der Waals surface area contributed by atoms with Crippen LogP contribution in [0, 0.1) is 0 Å². The highest BCUT2D eigenvalue weighted by Crippen LogP contribution is 2.47. The highest BCUT2D eigenvalue weighted by Gasteiger charge is 2.63. The molecule has 0 spiro atoms. The summed E-state index contributed by atoms with van der Waals surface area (Å²) in [4.78, 5) is 40.9. The second-order valence-corrected chi connectivity index (χ2v) is 13.0. The number of nitrogens with two attached hydrogens (primary N) is 2. The average molecular weight is 641 g/mol. The van der Waals surface area contributed by atoms with Crippen LogP contribution < -0.4 is 16.8 Å². The zero-order valence-corrected chi connectivity index (χ0v) is 27.0. The minimum atomic E-state index is -1.06. The summed E-state index contributed by atoms with van der Waals surface area (Å²) in [6.45, 7) is 10.9. The van der Waals surface area contributed by atoms with Crippen molar-refractivity contribution in [3.8, 4) is 0 Å². The van der Waals surface area contributed by atoms with Crippen LogP contribution in [0.5, 0.6) is 0 Å². The largest absolute Gasteiger partial charge is 0.459 e. The Balaban J connectivity index is 1.31. The number of amides is 1.